The van der Waals surface area contributed by atoms with E-state index in [-0.39, 0.29) is 0 Å². The van der Waals surface area contributed by atoms with Gasteiger partial charge in [-0.2, -0.15) is 0 Å². The zero-order valence-electron chi connectivity index (χ0n) is 9.85. The Bertz CT molecular complexity index is 349. The van der Waals surface area contributed by atoms with E-state index in [0.29, 0.717) is 12.6 Å². The van der Waals surface area contributed by atoms with Crippen LogP contribution in [0.25, 0.3) is 0 Å². The van der Waals surface area contributed by atoms with Gasteiger partial charge in [0.1, 0.15) is 6.33 Å². The van der Waals surface area contributed by atoms with Gasteiger partial charge in [-0.15, -0.1) is 0 Å². The van der Waals surface area contributed by atoms with E-state index in [1.807, 2.05) is 6.07 Å². The minimum Gasteiger partial charge on any atom is -0.360 e. The minimum atomic E-state index is 0.550. The fourth-order valence-corrected chi connectivity index (χ4v) is 2.32. The lowest BCUT2D eigenvalue weighted by molar-refractivity contribution is 0.412. The topological polar surface area (TPSA) is 49.8 Å². The summed E-state index contributed by atoms with van der Waals surface area (Å²) >= 11 is 5.27. The molecule has 0 radical (unpaired) electrons. The third kappa shape index (κ3) is 4.26. The first-order valence-corrected chi connectivity index (χ1v) is 6.54. The van der Waals surface area contributed by atoms with Gasteiger partial charge in [0.05, 0.1) is 12.2 Å². The first-order valence-electron chi connectivity index (χ1n) is 6.14. The number of hydrogen-bond acceptors (Lipinski definition) is 3. The number of nitrogens with zero attached hydrogens (tertiary/aromatic N) is 2. The summed E-state index contributed by atoms with van der Waals surface area (Å²) in [6.45, 7) is 0.654. The highest BCUT2D eigenvalue weighted by atomic mass is 32.1. The van der Waals surface area contributed by atoms with Gasteiger partial charge in [0.25, 0.3) is 0 Å². The molecule has 0 unspecified atom stereocenters. The summed E-state index contributed by atoms with van der Waals surface area (Å²) in [6.07, 6.45) is 9.73. The van der Waals surface area contributed by atoms with Gasteiger partial charge < -0.3 is 10.6 Å². The largest absolute Gasteiger partial charge is 0.360 e. The highest BCUT2D eigenvalue weighted by Crippen LogP contribution is 2.17. The van der Waals surface area contributed by atoms with Crippen LogP contribution in [0.3, 0.4) is 0 Å². The minimum absolute atomic E-state index is 0.550. The third-order valence-corrected chi connectivity index (χ3v) is 3.28. The average Bonchev–Trinajstić information content (AvgIpc) is 2.39. The van der Waals surface area contributed by atoms with E-state index in [9.17, 15) is 0 Å². The molecule has 1 aliphatic carbocycles. The lowest BCUT2D eigenvalue weighted by atomic mass is 9.96. The second kappa shape index (κ2) is 6.49. The van der Waals surface area contributed by atoms with Crippen LogP contribution in [-0.4, -0.2) is 21.1 Å². The first-order chi connectivity index (χ1) is 8.34. The van der Waals surface area contributed by atoms with E-state index in [1.54, 1.807) is 12.5 Å². The second-order valence-corrected chi connectivity index (χ2v) is 4.77. The Kier molecular flexibility index (Phi) is 4.67. The molecule has 4 nitrogen and oxygen atoms in total. The van der Waals surface area contributed by atoms with Crippen LogP contribution in [0.4, 0.5) is 0 Å². The van der Waals surface area contributed by atoms with Crippen LogP contribution >= 0.6 is 12.2 Å². The van der Waals surface area contributed by atoms with Gasteiger partial charge in [-0.3, -0.25) is 0 Å². The molecule has 0 amide bonds. The summed E-state index contributed by atoms with van der Waals surface area (Å²) in [5.41, 5.74) is 0.952. The molecule has 0 atom stereocenters. The Morgan fingerprint density at radius 2 is 2.18 bits per heavy atom. The van der Waals surface area contributed by atoms with Crippen LogP contribution in [0.15, 0.2) is 18.6 Å². The highest BCUT2D eigenvalue weighted by molar-refractivity contribution is 7.80. The van der Waals surface area contributed by atoms with Gasteiger partial charge in [-0.25, -0.2) is 9.97 Å². The Morgan fingerprint density at radius 3 is 2.88 bits per heavy atom. The summed E-state index contributed by atoms with van der Waals surface area (Å²) in [6, 6.07) is 2.44. The first kappa shape index (κ1) is 12.2. The number of nitrogens with one attached hydrogen (secondary N) is 2. The van der Waals surface area contributed by atoms with Crippen LogP contribution in [0.2, 0.25) is 0 Å². The van der Waals surface area contributed by atoms with E-state index in [2.05, 4.69) is 20.6 Å². The predicted octanol–water partition coefficient (Wildman–Crippen LogP) is 1.77. The lowest BCUT2D eigenvalue weighted by Crippen LogP contribution is -2.42. The maximum Gasteiger partial charge on any atom is 0.166 e. The van der Waals surface area contributed by atoms with Gasteiger partial charge in [0.15, 0.2) is 5.11 Å². The predicted molar refractivity (Wildman–Crippen MR) is 71.5 cm³/mol. The molecule has 17 heavy (non-hydrogen) atoms. The molecule has 92 valence electrons. The summed E-state index contributed by atoms with van der Waals surface area (Å²) in [5.74, 6) is 0. The number of aromatic nitrogens is 2. The van der Waals surface area contributed by atoms with Crippen molar-refractivity contribution in [1.82, 2.24) is 20.6 Å². The van der Waals surface area contributed by atoms with Gasteiger partial charge in [-0.05, 0) is 31.1 Å². The molecule has 1 saturated carbocycles. The van der Waals surface area contributed by atoms with Gasteiger partial charge >= 0.3 is 0 Å². The molecule has 1 fully saturated rings. The molecule has 2 N–H and O–H groups in total. The fraction of sp³-hybridized carbons (Fsp3) is 0.583. The molecular weight excluding hydrogens is 232 g/mol. The average molecular weight is 250 g/mol. The molecule has 0 spiro atoms. The zero-order chi connectivity index (χ0) is 11.9. The Balaban J connectivity index is 1.70. The summed E-state index contributed by atoms with van der Waals surface area (Å²) in [7, 11) is 0. The van der Waals surface area contributed by atoms with Crippen LogP contribution in [0, 0.1) is 0 Å². The molecule has 1 aromatic rings. The van der Waals surface area contributed by atoms with E-state index < -0.39 is 0 Å². The van der Waals surface area contributed by atoms with Gasteiger partial charge in [0, 0.05) is 12.2 Å². The molecule has 1 aromatic heterocycles. The maximum atomic E-state index is 5.27. The number of rotatable bonds is 3. The molecule has 0 bridgehead atoms. The summed E-state index contributed by atoms with van der Waals surface area (Å²) in [5, 5.41) is 7.27. The summed E-state index contributed by atoms with van der Waals surface area (Å²) < 4.78 is 0. The van der Waals surface area contributed by atoms with Crippen molar-refractivity contribution in [2.45, 2.75) is 44.7 Å². The fourth-order valence-electron chi connectivity index (χ4n) is 2.08. The quantitative estimate of drug-likeness (QED) is 0.801. The molecule has 1 aliphatic rings. The van der Waals surface area contributed by atoms with Crippen molar-refractivity contribution in [3.8, 4) is 0 Å². The standard InChI is InChI=1S/C12H18N4S/c17-12(16-10-4-2-1-3-5-10)14-8-11-6-7-13-9-15-11/h6-7,9-10H,1-5,8H2,(H2,14,16,17). The van der Waals surface area contributed by atoms with Crippen molar-refractivity contribution in [3.63, 3.8) is 0 Å². The third-order valence-electron chi connectivity index (χ3n) is 3.01. The van der Waals surface area contributed by atoms with Crippen LogP contribution in [0.1, 0.15) is 37.8 Å². The summed E-state index contributed by atoms with van der Waals surface area (Å²) in [4.78, 5) is 8.02. The van der Waals surface area contributed by atoms with Crippen molar-refractivity contribution in [1.29, 1.82) is 0 Å². The van der Waals surface area contributed by atoms with Crippen molar-refractivity contribution in [2.24, 2.45) is 0 Å². The molecule has 0 aliphatic heterocycles. The van der Waals surface area contributed by atoms with E-state index in [4.69, 9.17) is 12.2 Å². The normalized spacial score (nSPS) is 16.5. The second-order valence-electron chi connectivity index (χ2n) is 4.36. The van der Waals surface area contributed by atoms with Crippen LogP contribution < -0.4 is 10.6 Å². The van der Waals surface area contributed by atoms with Crippen molar-refractivity contribution in [2.75, 3.05) is 0 Å². The smallest absolute Gasteiger partial charge is 0.166 e. The Hall–Kier alpha value is -1.23. The molecule has 5 heteroatoms. The van der Waals surface area contributed by atoms with Crippen LogP contribution in [-0.2, 0) is 6.54 Å². The molecule has 0 aromatic carbocycles. The van der Waals surface area contributed by atoms with Gasteiger partial charge in [-0.1, -0.05) is 19.3 Å². The lowest BCUT2D eigenvalue weighted by Gasteiger charge is -2.24. The molecule has 2 rings (SSSR count). The van der Waals surface area contributed by atoms with Gasteiger partial charge in [0.2, 0.25) is 0 Å². The molecule has 1 heterocycles. The maximum absolute atomic E-state index is 5.27. The van der Waals surface area contributed by atoms with E-state index >= 15 is 0 Å². The SMILES string of the molecule is S=C(NCc1ccncn1)NC1CCCCC1. The number of hydrogen-bond donors (Lipinski definition) is 2. The van der Waals surface area contributed by atoms with Crippen molar-refractivity contribution in [3.05, 3.63) is 24.3 Å². The highest BCUT2D eigenvalue weighted by Gasteiger charge is 2.13. The van der Waals surface area contributed by atoms with Crippen molar-refractivity contribution < 1.29 is 0 Å². The van der Waals surface area contributed by atoms with E-state index in [1.165, 1.54) is 32.1 Å². The van der Waals surface area contributed by atoms with E-state index in [0.717, 1.165) is 10.8 Å². The Morgan fingerprint density at radius 1 is 1.35 bits per heavy atom. The number of thiocarbonyl (C=S) groups is 1. The Labute approximate surface area is 107 Å². The molecular formula is C12H18N4S. The van der Waals surface area contributed by atoms with Crippen molar-refractivity contribution >= 4 is 17.3 Å². The monoisotopic (exact) mass is 250 g/mol. The molecule has 0 saturated heterocycles. The van der Waals surface area contributed by atoms with Crippen LogP contribution in [0.5, 0.6) is 0 Å². The zero-order valence-corrected chi connectivity index (χ0v) is 10.7.